The lowest BCUT2D eigenvalue weighted by atomic mass is 10.1. The summed E-state index contributed by atoms with van der Waals surface area (Å²) in [5, 5.41) is 5.36. The molecule has 0 saturated heterocycles. The summed E-state index contributed by atoms with van der Waals surface area (Å²) in [4.78, 5) is 51.4. The molecule has 35 heavy (non-hydrogen) atoms. The van der Waals surface area contributed by atoms with Crippen LogP contribution in [-0.4, -0.2) is 48.2 Å². The highest BCUT2D eigenvalue weighted by molar-refractivity contribution is 7.97. The number of rotatable bonds is 14. The van der Waals surface area contributed by atoms with Gasteiger partial charge in [-0.05, 0) is 62.4 Å². The number of unbranched alkanes of at least 4 members (excludes halogenated alkanes) is 2. The van der Waals surface area contributed by atoms with Gasteiger partial charge in [0.15, 0.2) is 0 Å². The third-order valence-electron chi connectivity index (χ3n) is 5.81. The molecule has 4 amide bonds. The molecule has 3 rings (SSSR count). The van der Waals surface area contributed by atoms with Crippen molar-refractivity contribution in [1.82, 2.24) is 14.9 Å². The summed E-state index contributed by atoms with van der Waals surface area (Å²) in [6, 6.07) is 12.5. The molecule has 2 aromatic rings. The monoisotopic (exact) mass is 496 g/mol. The van der Waals surface area contributed by atoms with Gasteiger partial charge in [0.2, 0.25) is 12.3 Å². The zero-order valence-corrected chi connectivity index (χ0v) is 21.0. The molecule has 1 heterocycles. The van der Waals surface area contributed by atoms with Crippen LogP contribution in [0, 0.1) is 6.92 Å². The number of hydrogen-bond donors (Lipinski definition) is 3. The van der Waals surface area contributed by atoms with Gasteiger partial charge < -0.3 is 5.32 Å². The van der Waals surface area contributed by atoms with Crippen LogP contribution in [0.3, 0.4) is 0 Å². The molecule has 0 radical (unpaired) electrons. The molecule has 8 nitrogen and oxygen atoms in total. The molecule has 186 valence electrons. The Kier molecular flexibility index (Phi) is 9.86. The number of carbonyl (C=O) groups is 4. The van der Waals surface area contributed by atoms with Crippen molar-refractivity contribution in [2.45, 2.75) is 56.9 Å². The fourth-order valence-corrected chi connectivity index (χ4v) is 4.69. The van der Waals surface area contributed by atoms with E-state index in [1.54, 1.807) is 30.1 Å². The number of benzene rings is 2. The van der Waals surface area contributed by atoms with Gasteiger partial charge in [0, 0.05) is 23.7 Å². The predicted molar refractivity (Wildman–Crippen MR) is 137 cm³/mol. The fourth-order valence-electron chi connectivity index (χ4n) is 4.00. The van der Waals surface area contributed by atoms with Crippen LogP contribution in [-0.2, 0) is 9.59 Å². The Labute approximate surface area is 210 Å². The van der Waals surface area contributed by atoms with Crippen molar-refractivity contribution < 1.29 is 19.2 Å². The van der Waals surface area contributed by atoms with E-state index in [9.17, 15) is 19.2 Å². The van der Waals surface area contributed by atoms with Crippen LogP contribution in [0.25, 0.3) is 0 Å². The molecule has 1 atom stereocenters. The van der Waals surface area contributed by atoms with E-state index >= 15 is 0 Å². The number of nitrogens with zero attached hydrogens (tertiary/aromatic N) is 1. The first-order valence-corrected chi connectivity index (χ1v) is 12.7. The van der Waals surface area contributed by atoms with Gasteiger partial charge in [0.1, 0.15) is 6.04 Å². The molecule has 1 aliphatic heterocycles. The predicted octanol–water partition coefficient (Wildman–Crippen LogP) is 3.91. The van der Waals surface area contributed by atoms with Gasteiger partial charge in [-0.15, -0.1) is 0 Å². The first-order valence-electron chi connectivity index (χ1n) is 11.9. The molecule has 0 bridgehead atoms. The number of imide groups is 2. The molecule has 1 unspecified atom stereocenters. The summed E-state index contributed by atoms with van der Waals surface area (Å²) in [7, 11) is 0. The van der Waals surface area contributed by atoms with Crippen LogP contribution in [0.4, 0.5) is 5.69 Å². The van der Waals surface area contributed by atoms with Crippen molar-refractivity contribution in [2.75, 3.05) is 18.4 Å². The number of amides is 4. The first kappa shape index (κ1) is 26.4. The van der Waals surface area contributed by atoms with E-state index in [0.717, 1.165) is 30.7 Å². The third-order valence-corrected chi connectivity index (χ3v) is 6.66. The Morgan fingerprint density at radius 2 is 1.77 bits per heavy atom. The van der Waals surface area contributed by atoms with E-state index < -0.39 is 23.8 Å². The van der Waals surface area contributed by atoms with Crippen LogP contribution in [0.15, 0.2) is 47.4 Å². The van der Waals surface area contributed by atoms with E-state index in [1.807, 2.05) is 6.92 Å². The number of aryl methyl sites for hydroxylation is 1. The molecule has 0 aliphatic carbocycles. The van der Waals surface area contributed by atoms with Crippen LogP contribution < -0.4 is 15.4 Å². The highest BCUT2D eigenvalue weighted by atomic mass is 32.2. The highest BCUT2D eigenvalue weighted by Crippen LogP contribution is 2.31. The summed E-state index contributed by atoms with van der Waals surface area (Å²) in [6.45, 7) is 5.47. The smallest absolute Gasteiger partial charge is 0.264 e. The SMILES string of the molecule is CCCC(C(=O)NC=O)N1C(=O)c2cccc(NCCCCCNSc3ccc(C)cc3)c2C1=O. The average Bonchev–Trinajstić information content (AvgIpc) is 3.11. The summed E-state index contributed by atoms with van der Waals surface area (Å²) >= 11 is 1.63. The van der Waals surface area contributed by atoms with E-state index in [-0.39, 0.29) is 24.0 Å². The zero-order valence-electron chi connectivity index (χ0n) is 20.1. The van der Waals surface area contributed by atoms with Gasteiger partial charge in [-0.3, -0.25) is 34.1 Å². The number of anilines is 1. The average molecular weight is 497 g/mol. The molecule has 1 aliphatic rings. The fraction of sp³-hybridized carbons (Fsp3) is 0.385. The van der Waals surface area contributed by atoms with Crippen LogP contribution >= 0.6 is 11.9 Å². The van der Waals surface area contributed by atoms with Crippen molar-refractivity contribution in [3.63, 3.8) is 0 Å². The molecular formula is C26H32N4O4S. The zero-order chi connectivity index (χ0) is 25.2. The second-order valence-electron chi connectivity index (χ2n) is 8.44. The Morgan fingerprint density at radius 1 is 1.03 bits per heavy atom. The van der Waals surface area contributed by atoms with Crippen molar-refractivity contribution in [3.05, 3.63) is 59.2 Å². The molecule has 9 heteroatoms. The lowest BCUT2D eigenvalue weighted by molar-refractivity contribution is -0.128. The van der Waals surface area contributed by atoms with E-state index in [0.29, 0.717) is 18.7 Å². The molecule has 3 N–H and O–H groups in total. The lowest BCUT2D eigenvalue weighted by Gasteiger charge is -2.24. The van der Waals surface area contributed by atoms with E-state index in [2.05, 4.69) is 46.5 Å². The van der Waals surface area contributed by atoms with Crippen molar-refractivity contribution in [2.24, 2.45) is 0 Å². The minimum Gasteiger partial charge on any atom is -0.384 e. The van der Waals surface area contributed by atoms with Gasteiger partial charge in [-0.2, -0.15) is 0 Å². The maximum Gasteiger partial charge on any atom is 0.264 e. The highest BCUT2D eigenvalue weighted by Gasteiger charge is 2.43. The van der Waals surface area contributed by atoms with Crippen LogP contribution in [0.2, 0.25) is 0 Å². The quantitative estimate of drug-likeness (QED) is 0.158. The van der Waals surface area contributed by atoms with Crippen LogP contribution in [0.1, 0.15) is 65.3 Å². The van der Waals surface area contributed by atoms with Gasteiger partial charge in [0.25, 0.3) is 11.8 Å². The van der Waals surface area contributed by atoms with Gasteiger partial charge >= 0.3 is 0 Å². The topological polar surface area (TPSA) is 108 Å². The Hall–Kier alpha value is -3.17. The number of carbonyl (C=O) groups excluding carboxylic acids is 4. The second-order valence-corrected chi connectivity index (χ2v) is 9.40. The van der Waals surface area contributed by atoms with Gasteiger partial charge in [-0.1, -0.05) is 43.5 Å². The lowest BCUT2D eigenvalue weighted by Crippen LogP contribution is -2.49. The Morgan fingerprint density at radius 3 is 2.49 bits per heavy atom. The molecule has 0 saturated carbocycles. The largest absolute Gasteiger partial charge is 0.384 e. The number of nitrogens with one attached hydrogen (secondary N) is 3. The minimum absolute atomic E-state index is 0.271. The van der Waals surface area contributed by atoms with Gasteiger partial charge in [0.05, 0.1) is 11.1 Å². The third kappa shape index (κ3) is 6.70. The summed E-state index contributed by atoms with van der Waals surface area (Å²) < 4.78 is 3.37. The Balaban J connectivity index is 1.50. The molecule has 2 aromatic carbocycles. The molecule has 0 aromatic heterocycles. The maximum absolute atomic E-state index is 13.2. The van der Waals surface area contributed by atoms with Crippen molar-refractivity contribution >= 4 is 41.8 Å². The number of hydrogen-bond acceptors (Lipinski definition) is 7. The summed E-state index contributed by atoms with van der Waals surface area (Å²) in [5.74, 6) is -1.67. The van der Waals surface area contributed by atoms with Crippen molar-refractivity contribution in [3.8, 4) is 0 Å². The summed E-state index contributed by atoms with van der Waals surface area (Å²) in [6.07, 6.45) is 4.06. The summed E-state index contributed by atoms with van der Waals surface area (Å²) in [5.41, 5.74) is 2.39. The van der Waals surface area contributed by atoms with Gasteiger partial charge in [-0.25, -0.2) is 0 Å². The Bertz CT molecular complexity index is 1060. The molecule has 0 fully saturated rings. The minimum atomic E-state index is -1.02. The normalized spacial score (nSPS) is 13.5. The van der Waals surface area contributed by atoms with Crippen molar-refractivity contribution in [1.29, 1.82) is 0 Å². The number of fused-ring (bicyclic) bond motifs is 1. The standard InChI is InChI=1S/C26H32N4O4S/c1-3-8-22(24(32)28-17-31)30-25(33)20-9-7-10-21(23(20)26(30)34)27-15-5-4-6-16-29-35-19-13-11-18(2)12-14-19/h7,9-14,17,22,27,29H,3-6,8,15-16H2,1-2H3,(H,28,31,32). The molecular weight excluding hydrogens is 464 g/mol. The molecule has 0 spiro atoms. The first-order chi connectivity index (χ1) is 17.0. The second kappa shape index (κ2) is 13.1. The van der Waals surface area contributed by atoms with Crippen LogP contribution in [0.5, 0.6) is 0 Å². The maximum atomic E-state index is 13.2. The van der Waals surface area contributed by atoms with E-state index in [1.165, 1.54) is 10.5 Å². The van der Waals surface area contributed by atoms with E-state index in [4.69, 9.17) is 0 Å².